The van der Waals surface area contributed by atoms with Crippen LogP contribution in [-0.2, 0) is 49.3 Å². The molecule has 0 spiro atoms. The summed E-state index contributed by atoms with van der Waals surface area (Å²) in [5, 5.41) is 8.66. The van der Waals surface area contributed by atoms with E-state index in [2.05, 4.69) is 0 Å². The fourth-order valence-electron chi connectivity index (χ4n) is 5.71. The van der Waals surface area contributed by atoms with Gasteiger partial charge in [-0.1, -0.05) is 60.7 Å². The second-order valence-corrected chi connectivity index (χ2v) is 15.3. The van der Waals surface area contributed by atoms with Gasteiger partial charge in [-0.3, -0.25) is 4.18 Å². The summed E-state index contributed by atoms with van der Waals surface area (Å²) in [6, 6.07) is 27.2. The summed E-state index contributed by atoms with van der Waals surface area (Å²) < 4.78 is 116. The molecule has 2 fully saturated rings. The van der Waals surface area contributed by atoms with Crippen LogP contribution in [0.15, 0.2) is 109 Å². The second-order valence-electron chi connectivity index (χ2n) is 13.6. The van der Waals surface area contributed by atoms with Crippen LogP contribution >= 0.6 is 0 Å². The average Bonchev–Trinajstić information content (AvgIpc) is 3.89. The minimum absolute atomic E-state index is 0.0315. The average molecular weight is 855 g/mol. The third kappa shape index (κ3) is 16.7. The molecule has 2 amide bonds. The van der Waals surface area contributed by atoms with E-state index < -0.39 is 33.6 Å². The summed E-state index contributed by atoms with van der Waals surface area (Å²) in [4.78, 5) is 27.2. The predicted molar refractivity (Wildman–Crippen MR) is 203 cm³/mol. The van der Waals surface area contributed by atoms with Gasteiger partial charge in [0.1, 0.15) is 24.7 Å². The fourth-order valence-corrected chi connectivity index (χ4v) is 6.15. The molecule has 0 unspecified atom stereocenters. The third-order valence-corrected chi connectivity index (χ3v) is 9.44. The Hall–Kier alpha value is -5.49. The molecule has 0 radical (unpaired) electrons. The first-order chi connectivity index (χ1) is 27.9. The molecule has 2 aliphatic heterocycles. The number of nitrogens with zero attached hydrogens (tertiary/aromatic N) is 2. The van der Waals surface area contributed by atoms with Crippen LogP contribution in [0.4, 0.5) is 35.9 Å². The predicted octanol–water partition coefficient (Wildman–Crippen LogP) is 8.78. The Balaban J connectivity index is 0.000000213. The van der Waals surface area contributed by atoms with Gasteiger partial charge in [-0.05, 0) is 72.5 Å². The van der Waals surface area contributed by atoms with Crippen molar-refractivity contribution in [1.82, 2.24) is 9.80 Å². The van der Waals surface area contributed by atoms with Crippen LogP contribution in [0.25, 0.3) is 0 Å². The van der Waals surface area contributed by atoms with Crippen molar-refractivity contribution in [2.75, 3.05) is 45.6 Å². The Bertz CT molecular complexity index is 2000. The maximum absolute atomic E-state index is 12.6. The lowest BCUT2D eigenvalue weighted by Gasteiger charge is -2.17. The van der Waals surface area contributed by atoms with Gasteiger partial charge < -0.3 is 29.1 Å². The molecule has 11 nitrogen and oxygen atoms in total. The molecule has 2 aliphatic rings. The van der Waals surface area contributed by atoms with Gasteiger partial charge in [-0.2, -0.15) is 34.8 Å². The Labute approximate surface area is 338 Å². The van der Waals surface area contributed by atoms with E-state index in [0.29, 0.717) is 38.5 Å². The van der Waals surface area contributed by atoms with Crippen LogP contribution in [0.5, 0.6) is 11.5 Å². The first-order valence-corrected chi connectivity index (χ1v) is 20.1. The van der Waals surface area contributed by atoms with Crippen LogP contribution in [0.2, 0.25) is 0 Å². The van der Waals surface area contributed by atoms with Gasteiger partial charge in [0.25, 0.3) is 10.1 Å². The maximum Gasteiger partial charge on any atom is 0.416 e. The summed E-state index contributed by atoms with van der Waals surface area (Å²) in [6.45, 7) is 3.02. The van der Waals surface area contributed by atoms with Crippen LogP contribution in [0.1, 0.15) is 35.1 Å². The first-order valence-electron chi connectivity index (χ1n) is 18.3. The highest BCUT2D eigenvalue weighted by molar-refractivity contribution is 7.85. The highest BCUT2D eigenvalue weighted by atomic mass is 32.2. The van der Waals surface area contributed by atoms with Crippen LogP contribution < -0.4 is 4.74 Å². The number of rotatable bonds is 10. The van der Waals surface area contributed by atoms with Crippen molar-refractivity contribution in [1.29, 1.82) is 0 Å². The Kier molecular flexibility index (Phi) is 16.8. The standard InChI is InChI=1S/C20H20F3NO3.C14H19NO5S.C7H5F3O/c21-20(22,23)17-6-8-18(9-7-17)26-14-16-10-11-24(12-16)19(25)27-13-15-4-2-1-3-5-15;1-21(17,18)20-11-13-7-8-15(9-13)14(16)19-10-12-5-3-2-4-6-12;8-7(9,10)5-1-3-6(11)4-2-5/h1-9,16H,10-14H2;2-6,13H,7-11H2,1H3;1-4,11H/t16-;13-;/m10./s1. The highest BCUT2D eigenvalue weighted by Gasteiger charge is 2.32. The van der Waals surface area contributed by atoms with Gasteiger partial charge in [0.15, 0.2) is 0 Å². The summed E-state index contributed by atoms with van der Waals surface area (Å²) in [7, 11) is -3.43. The van der Waals surface area contributed by atoms with Crippen LogP contribution in [0, 0.1) is 11.8 Å². The third-order valence-electron chi connectivity index (χ3n) is 8.88. The molecular weight excluding hydrogens is 811 g/mol. The molecule has 4 aromatic carbocycles. The number of aromatic hydroxyl groups is 1. The largest absolute Gasteiger partial charge is 0.508 e. The van der Waals surface area contributed by atoms with Gasteiger partial charge in [0.2, 0.25) is 0 Å². The van der Waals surface area contributed by atoms with Crippen LogP contribution in [0.3, 0.4) is 0 Å². The molecule has 0 bridgehead atoms. The molecule has 18 heteroatoms. The van der Waals surface area contributed by atoms with Crippen molar-refractivity contribution in [2.24, 2.45) is 11.8 Å². The van der Waals surface area contributed by atoms with Gasteiger partial charge in [-0.15, -0.1) is 0 Å². The normalized spacial score (nSPS) is 16.6. The van der Waals surface area contributed by atoms with E-state index >= 15 is 0 Å². The zero-order chi connectivity index (χ0) is 43.1. The van der Waals surface area contributed by atoms with Crippen molar-refractivity contribution < 1.29 is 67.8 Å². The summed E-state index contributed by atoms with van der Waals surface area (Å²) in [5.74, 6) is 0.367. The number of phenolic OH excluding ortho intramolecular Hbond substituents is 1. The smallest absolute Gasteiger partial charge is 0.416 e. The second kappa shape index (κ2) is 21.5. The quantitative estimate of drug-likeness (QED) is 0.123. The monoisotopic (exact) mass is 854 g/mol. The van der Waals surface area contributed by atoms with E-state index in [0.717, 1.165) is 66.6 Å². The van der Waals surface area contributed by atoms with E-state index in [1.165, 1.54) is 12.1 Å². The van der Waals surface area contributed by atoms with Crippen molar-refractivity contribution in [3.63, 3.8) is 0 Å². The molecule has 6 rings (SSSR count). The van der Waals surface area contributed by atoms with E-state index in [-0.39, 0.29) is 49.6 Å². The van der Waals surface area contributed by atoms with Gasteiger partial charge in [-0.25, -0.2) is 9.59 Å². The molecule has 59 heavy (non-hydrogen) atoms. The van der Waals surface area contributed by atoms with Gasteiger partial charge >= 0.3 is 24.5 Å². The zero-order valence-corrected chi connectivity index (χ0v) is 32.7. The first kappa shape index (κ1) is 46.2. The maximum atomic E-state index is 12.6. The number of halogens is 6. The molecule has 1 N–H and O–H groups in total. The number of hydrogen-bond donors (Lipinski definition) is 1. The zero-order valence-electron chi connectivity index (χ0n) is 31.9. The summed E-state index contributed by atoms with van der Waals surface area (Å²) >= 11 is 0. The minimum Gasteiger partial charge on any atom is -0.508 e. The number of carbonyl (C=O) groups is 2. The molecule has 2 atom stereocenters. The lowest BCUT2D eigenvalue weighted by atomic mass is 10.1. The number of ether oxygens (including phenoxy) is 3. The van der Waals surface area contributed by atoms with Crippen LogP contribution in [-0.4, -0.2) is 81.2 Å². The molecular formula is C41H44F6N2O9S. The fraction of sp³-hybridized carbons (Fsp3) is 0.366. The number of hydrogen-bond acceptors (Lipinski definition) is 9. The van der Waals surface area contributed by atoms with Crippen molar-refractivity contribution in [2.45, 2.75) is 38.4 Å². The number of phenols is 1. The molecule has 4 aromatic rings. The molecule has 320 valence electrons. The molecule has 0 aliphatic carbocycles. The van der Waals surface area contributed by atoms with Crippen molar-refractivity contribution in [3.05, 3.63) is 131 Å². The summed E-state index contributed by atoms with van der Waals surface area (Å²) in [5.41, 5.74) is 0.396. The number of likely N-dealkylation sites (tertiary alicyclic amines) is 2. The molecule has 0 saturated carbocycles. The van der Waals surface area contributed by atoms with E-state index in [1.54, 1.807) is 9.80 Å². The Morgan fingerprint density at radius 3 is 1.46 bits per heavy atom. The SMILES string of the molecule is CS(=O)(=O)OC[C@H]1CCN(C(=O)OCc2ccccc2)C1.O=C(OCc1ccccc1)N1CC[C@@H](COc2ccc(C(F)(F)F)cc2)C1.Oc1ccc(C(F)(F)F)cc1. The van der Waals surface area contributed by atoms with Gasteiger partial charge in [0, 0.05) is 38.0 Å². The highest BCUT2D eigenvalue weighted by Crippen LogP contribution is 2.31. The van der Waals surface area contributed by atoms with Gasteiger partial charge in [0.05, 0.1) is 30.6 Å². The minimum atomic E-state index is -4.36. The number of alkyl halides is 6. The topological polar surface area (TPSA) is 132 Å². The molecule has 0 aromatic heterocycles. The molecule has 2 heterocycles. The number of benzene rings is 4. The number of carbonyl (C=O) groups excluding carboxylic acids is 2. The summed E-state index contributed by atoms with van der Waals surface area (Å²) in [6.07, 6.45) is -6.92. The van der Waals surface area contributed by atoms with Crippen molar-refractivity contribution >= 4 is 22.3 Å². The van der Waals surface area contributed by atoms with E-state index in [9.17, 15) is 44.3 Å². The Morgan fingerprint density at radius 1 is 0.644 bits per heavy atom. The van der Waals surface area contributed by atoms with E-state index in [1.807, 2.05) is 60.7 Å². The number of amides is 2. The Morgan fingerprint density at radius 2 is 1.05 bits per heavy atom. The lowest BCUT2D eigenvalue weighted by Crippen LogP contribution is -2.30. The lowest BCUT2D eigenvalue weighted by molar-refractivity contribution is -0.138. The molecule has 2 saturated heterocycles. The van der Waals surface area contributed by atoms with E-state index in [4.69, 9.17) is 23.5 Å². The van der Waals surface area contributed by atoms with Crippen molar-refractivity contribution in [3.8, 4) is 11.5 Å².